The van der Waals surface area contributed by atoms with E-state index in [4.69, 9.17) is 11.6 Å². The number of ether oxygens (including phenoxy) is 1. The van der Waals surface area contributed by atoms with Crippen LogP contribution in [0.2, 0.25) is 5.15 Å². The fourth-order valence-corrected chi connectivity index (χ4v) is 2.91. The molecule has 31 heavy (non-hydrogen) atoms. The highest BCUT2D eigenvalue weighted by atomic mass is 35.5. The van der Waals surface area contributed by atoms with Crippen molar-refractivity contribution in [3.8, 4) is 17.3 Å². The first-order valence-corrected chi connectivity index (χ1v) is 9.39. The van der Waals surface area contributed by atoms with Crippen LogP contribution in [-0.4, -0.2) is 26.4 Å². The van der Waals surface area contributed by atoms with Crippen LogP contribution >= 0.6 is 11.6 Å². The Morgan fingerprint density at radius 3 is 2.39 bits per heavy atom. The molecule has 0 saturated carbocycles. The van der Waals surface area contributed by atoms with Crippen LogP contribution in [0.3, 0.4) is 0 Å². The summed E-state index contributed by atoms with van der Waals surface area (Å²) in [5.74, 6) is -0.214. The van der Waals surface area contributed by atoms with Crippen molar-refractivity contribution in [3.05, 3.63) is 52.9 Å². The minimum absolute atomic E-state index is 0.0135. The van der Waals surface area contributed by atoms with Gasteiger partial charge in [0.2, 0.25) is 0 Å². The zero-order valence-electron chi connectivity index (χ0n) is 16.3. The van der Waals surface area contributed by atoms with Gasteiger partial charge in [-0.2, -0.15) is 22.0 Å². The van der Waals surface area contributed by atoms with Gasteiger partial charge in [0.25, 0.3) is 5.88 Å². The Morgan fingerprint density at radius 2 is 1.81 bits per heavy atom. The van der Waals surface area contributed by atoms with Gasteiger partial charge in [-0.3, -0.25) is 0 Å². The Labute approximate surface area is 179 Å². The number of benzene rings is 1. The number of hydrogen-bond acceptors (Lipinski definition) is 5. The molecule has 3 rings (SSSR count). The Morgan fingerprint density at radius 1 is 1.13 bits per heavy atom. The molecule has 6 nitrogen and oxygen atoms in total. The van der Waals surface area contributed by atoms with Gasteiger partial charge in [0.1, 0.15) is 11.5 Å². The predicted molar refractivity (Wildman–Crippen MR) is 104 cm³/mol. The smallest absolute Gasteiger partial charge is 0.413 e. The van der Waals surface area contributed by atoms with Crippen molar-refractivity contribution < 1.29 is 26.7 Å². The molecule has 3 aromatic rings. The highest BCUT2D eigenvalue weighted by Gasteiger charge is 2.35. The number of halogens is 6. The Hall–Kier alpha value is -2.95. The van der Waals surface area contributed by atoms with E-state index in [1.165, 1.54) is 10.6 Å². The molecule has 0 amide bonds. The maximum Gasteiger partial charge on any atom is 0.434 e. The first-order chi connectivity index (χ1) is 14.5. The van der Waals surface area contributed by atoms with Crippen molar-refractivity contribution in [2.45, 2.75) is 39.2 Å². The molecule has 1 aromatic carbocycles. The van der Waals surface area contributed by atoms with E-state index in [9.17, 15) is 22.0 Å². The summed E-state index contributed by atoms with van der Waals surface area (Å²) in [4.78, 5) is 3.75. The number of nitrogens with one attached hydrogen (secondary N) is 1. The highest BCUT2D eigenvalue weighted by Crippen LogP contribution is 2.32. The molecule has 166 valence electrons. The van der Waals surface area contributed by atoms with Crippen LogP contribution < -0.4 is 10.1 Å². The van der Waals surface area contributed by atoms with Crippen LogP contribution in [0.15, 0.2) is 36.5 Å². The molecular weight excluding hydrogens is 445 g/mol. The number of nitrogens with zero attached hydrogens (tertiary/aromatic N) is 4. The van der Waals surface area contributed by atoms with Gasteiger partial charge in [-0.05, 0) is 19.4 Å². The number of aromatic nitrogens is 4. The molecule has 0 aliphatic carbocycles. The molecule has 0 saturated heterocycles. The molecule has 0 unspecified atom stereocenters. The number of imidazole rings is 1. The summed E-state index contributed by atoms with van der Waals surface area (Å²) in [5.41, 5.74) is 0.381. The molecule has 0 fully saturated rings. The fraction of sp³-hybridized carbons (Fsp3) is 0.316. The largest absolute Gasteiger partial charge is 0.434 e. The van der Waals surface area contributed by atoms with Crippen LogP contribution in [-0.2, 0) is 12.7 Å². The number of hydrogen-bond donors (Lipinski definition) is 1. The topological polar surface area (TPSA) is 64.9 Å². The molecule has 0 aliphatic heterocycles. The standard InChI is InChI=1S/C19H17ClF5N5O/c1-10(2)30-9-14(19(23,24)25)27-16(30)12-5-3-11(4-6-12)8-26-13-7-15(20)28-29-17(13)31-18(21)22/h3-7,9-10,18H,8H2,1-2H3,(H,26,28). The van der Waals surface area contributed by atoms with Gasteiger partial charge >= 0.3 is 12.8 Å². The van der Waals surface area contributed by atoms with Crippen LogP contribution in [0.25, 0.3) is 11.4 Å². The SMILES string of the molecule is CC(C)n1cc(C(F)(F)F)nc1-c1ccc(CNc2cc(Cl)nnc2OC(F)F)cc1. The molecule has 1 N–H and O–H groups in total. The van der Waals surface area contributed by atoms with Crippen LogP contribution in [0.4, 0.5) is 27.6 Å². The molecular formula is C19H17ClF5N5O. The summed E-state index contributed by atoms with van der Waals surface area (Å²) in [6.45, 7) is 0.628. The Kier molecular flexibility index (Phi) is 6.63. The predicted octanol–water partition coefficient (Wildman–Crippen LogP) is 5.81. The lowest BCUT2D eigenvalue weighted by Crippen LogP contribution is -2.09. The third-order valence-electron chi connectivity index (χ3n) is 4.21. The summed E-state index contributed by atoms with van der Waals surface area (Å²) in [5, 5.41) is 9.81. The molecule has 0 radical (unpaired) electrons. The van der Waals surface area contributed by atoms with E-state index in [-0.39, 0.29) is 29.3 Å². The highest BCUT2D eigenvalue weighted by molar-refractivity contribution is 6.29. The van der Waals surface area contributed by atoms with Crippen molar-refractivity contribution in [2.75, 3.05) is 5.32 Å². The van der Waals surface area contributed by atoms with Gasteiger partial charge in [-0.15, -0.1) is 10.2 Å². The lowest BCUT2D eigenvalue weighted by Gasteiger charge is -2.13. The van der Waals surface area contributed by atoms with Crippen LogP contribution in [0.5, 0.6) is 5.88 Å². The average Bonchev–Trinajstić information content (AvgIpc) is 3.14. The molecule has 0 atom stereocenters. The van der Waals surface area contributed by atoms with Gasteiger partial charge in [-0.25, -0.2) is 4.98 Å². The molecule has 2 aromatic heterocycles. The molecule has 12 heteroatoms. The van der Waals surface area contributed by atoms with E-state index in [2.05, 4.69) is 25.2 Å². The fourth-order valence-electron chi connectivity index (χ4n) is 2.76. The van der Waals surface area contributed by atoms with Gasteiger partial charge in [0.05, 0.1) is 0 Å². The first kappa shape index (κ1) is 22.7. The Bertz CT molecular complexity index is 1040. The van der Waals surface area contributed by atoms with E-state index in [1.807, 2.05) is 0 Å². The minimum Gasteiger partial charge on any atom is -0.413 e. The maximum atomic E-state index is 13.1. The monoisotopic (exact) mass is 461 g/mol. The van der Waals surface area contributed by atoms with Crippen molar-refractivity contribution in [1.82, 2.24) is 19.7 Å². The van der Waals surface area contributed by atoms with Crippen molar-refractivity contribution >= 4 is 17.3 Å². The number of alkyl halides is 5. The second kappa shape index (κ2) is 9.04. The van der Waals surface area contributed by atoms with Crippen LogP contribution in [0, 0.1) is 0 Å². The zero-order chi connectivity index (χ0) is 22.8. The van der Waals surface area contributed by atoms with Crippen molar-refractivity contribution in [1.29, 1.82) is 0 Å². The average molecular weight is 462 g/mol. The maximum absolute atomic E-state index is 13.1. The zero-order valence-corrected chi connectivity index (χ0v) is 17.0. The molecule has 0 bridgehead atoms. The van der Waals surface area contributed by atoms with E-state index in [1.54, 1.807) is 38.1 Å². The van der Waals surface area contributed by atoms with E-state index in [0.717, 1.165) is 11.8 Å². The summed E-state index contributed by atoms with van der Waals surface area (Å²) < 4.78 is 70.0. The molecule has 2 heterocycles. The van der Waals surface area contributed by atoms with E-state index < -0.39 is 24.4 Å². The number of rotatable bonds is 7. The van der Waals surface area contributed by atoms with Gasteiger partial charge in [0, 0.05) is 30.4 Å². The first-order valence-electron chi connectivity index (χ1n) is 9.02. The second-order valence-electron chi connectivity index (χ2n) is 6.76. The Balaban J connectivity index is 1.79. The number of anilines is 1. The lowest BCUT2D eigenvalue weighted by atomic mass is 10.1. The third kappa shape index (κ3) is 5.60. The normalized spacial score (nSPS) is 11.9. The molecule has 0 spiro atoms. The molecule has 0 aliphatic rings. The third-order valence-corrected chi connectivity index (χ3v) is 4.39. The van der Waals surface area contributed by atoms with Gasteiger partial charge in [-0.1, -0.05) is 35.9 Å². The summed E-state index contributed by atoms with van der Waals surface area (Å²) in [6.07, 6.45) is -3.56. The van der Waals surface area contributed by atoms with E-state index in [0.29, 0.717) is 5.56 Å². The summed E-state index contributed by atoms with van der Waals surface area (Å²) in [6, 6.07) is 7.69. The summed E-state index contributed by atoms with van der Waals surface area (Å²) >= 11 is 5.75. The minimum atomic E-state index is -4.55. The quantitative estimate of drug-likeness (QED) is 0.450. The van der Waals surface area contributed by atoms with Gasteiger partial charge in [0.15, 0.2) is 10.8 Å². The van der Waals surface area contributed by atoms with Crippen molar-refractivity contribution in [2.24, 2.45) is 0 Å². The lowest BCUT2D eigenvalue weighted by molar-refractivity contribution is -0.140. The van der Waals surface area contributed by atoms with Crippen LogP contribution in [0.1, 0.15) is 31.1 Å². The summed E-state index contributed by atoms with van der Waals surface area (Å²) in [7, 11) is 0. The van der Waals surface area contributed by atoms with Crippen molar-refractivity contribution in [3.63, 3.8) is 0 Å². The van der Waals surface area contributed by atoms with Gasteiger partial charge < -0.3 is 14.6 Å². The van der Waals surface area contributed by atoms with E-state index >= 15 is 0 Å². The second-order valence-corrected chi connectivity index (χ2v) is 7.15.